The zero-order valence-corrected chi connectivity index (χ0v) is 9.84. The van der Waals surface area contributed by atoms with Gasteiger partial charge < -0.3 is 10.1 Å². The van der Waals surface area contributed by atoms with Crippen molar-refractivity contribution in [2.75, 3.05) is 13.7 Å². The molecule has 1 atom stereocenters. The van der Waals surface area contributed by atoms with E-state index in [1.54, 1.807) is 7.05 Å². The highest BCUT2D eigenvalue weighted by atomic mass is 16.5. The van der Waals surface area contributed by atoms with Gasteiger partial charge in [-0.15, -0.1) is 0 Å². The lowest BCUT2D eigenvalue weighted by molar-refractivity contribution is -0.144. The van der Waals surface area contributed by atoms with Crippen LogP contribution in [0.3, 0.4) is 0 Å². The number of ether oxygens (including phenoxy) is 1. The second-order valence-corrected chi connectivity index (χ2v) is 3.56. The molecule has 0 aliphatic heterocycles. The Morgan fingerprint density at radius 3 is 2.53 bits per heavy atom. The van der Waals surface area contributed by atoms with Gasteiger partial charge in [-0.1, -0.05) is 13.3 Å². The van der Waals surface area contributed by atoms with Crippen molar-refractivity contribution in [2.24, 2.45) is 0 Å². The van der Waals surface area contributed by atoms with Crippen LogP contribution in [-0.2, 0) is 14.3 Å². The minimum atomic E-state index is -0.233. The first-order valence-electron chi connectivity index (χ1n) is 5.45. The highest BCUT2D eigenvalue weighted by Gasteiger charge is 2.13. The van der Waals surface area contributed by atoms with Gasteiger partial charge in [0.15, 0.2) is 0 Å². The van der Waals surface area contributed by atoms with Crippen LogP contribution in [-0.4, -0.2) is 31.4 Å². The Balaban J connectivity index is 3.64. The molecule has 0 aromatic carbocycles. The third-order valence-corrected chi connectivity index (χ3v) is 2.24. The fourth-order valence-electron chi connectivity index (χ4n) is 1.22. The Labute approximate surface area is 91.4 Å². The molecule has 1 unspecified atom stereocenters. The van der Waals surface area contributed by atoms with E-state index in [0.717, 1.165) is 12.8 Å². The summed E-state index contributed by atoms with van der Waals surface area (Å²) in [4.78, 5) is 22.2. The molecule has 1 N–H and O–H groups in total. The monoisotopic (exact) mass is 215 g/mol. The summed E-state index contributed by atoms with van der Waals surface area (Å²) in [5, 5.41) is 2.87. The number of ketones is 1. The van der Waals surface area contributed by atoms with Gasteiger partial charge in [0, 0.05) is 6.42 Å². The van der Waals surface area contributed by atoms with Crippen LogP contribution in [0.5, 0.6) is 0 Å². The molecular formula is C11H21NO3. The molecule has 0 bridgehead atoms. The van der Waals surface area contributed by atoms with Crippen LogP contribution in [0.1, 0.15) is 39.5 Å². The second kappa shape index (κ2) is 8.41. The molecule has 0 saturated carbocycles. The standard InChI is InChI=1S/C11H21NO3/c1-4-5-8-15-11(14)7-6-10(12-3)9(2)13/h10,12H,4-8H2,1-3H3. The molecule has 0 aliphatic rings. The average Bonchev–Trinajstić information content (AvgIpc) is 2.18. The van der Waals surface area contributed by atoms with Crippen LogP contribution in [0, 0.1) is 0 Å². The number of Topliss-reactive ketones (excluding diaryl/α,β-unsaturated/α-hetero) is 1. The van der Waals surface area contributed by atoms with E-state index < -0.39 is 0 Å². The maximum absolute atomic E-state index is 11.2. The molecule has 4 heteroatoms. The number of unbranched alkanes of at least 4 members (excludes halogenated alkanes) is 1. The largest absolute Gasteiger partial charge is 0.466 e. The molecular weight excluding hydrogens is 194 g/mol. The summed E-state index contributed by atoms with van der Waals surface area (Å²) in [5.74, 6) is -0.163. The van der Waals surface area contributed by atoms with Gasteiger partial charge in [-0.2, -0.15) is 0 Å². The molecule has 0 fully saturated rings. The normalized spacial score (nSPS) is 12.2. The number of hydrogen-bond acceptors (Lipinski definition) is 4. The zero-order valence-electron chi connectivity index (χ0n) is 9.84. The first-order valence-corrected chi connectivity index (χ1v) is 5.45. The van der Waals surface area contributed by atoms with E-state index in [4.69, 9.17) is 4.74 Å². The van der Waals surface area contributed by atoms with Crippen LogP contribution in [0.4, 0.5) is 0 Å². The van der Waals surface area contributed by atoms with Gasteiger partial charge in [0.2, 0.25) is 0 Å². The van der Waals surface area contributed by atoms with Gasteiger partial charge in [-0.3, -0.25) is 9.59 Å². The molecule has 88 valence electrons. The van der Waals surface area contributed by atoms with Gasteiger partial charge in [-0.05, 0) is 26.8 Å². The fraction of sp³-hybridized carbons (Fsp3) is 0.818. The molecule has 0 amide bonds. The lowest BCUT2D eigenvalue weighted by Crippen LogP contribution is -2.32. The van der Waals surface area contributed by atoms with Crippen LogP contribution in [0.25, 0.3) is 0 Å². The predicted molar refractivity (Wildman–Crippen MR) is 58.6 cm³/mol. The Kier molecular flexibility index (Phi) is 7.91. The third kappa shape index (κ3) is 7.08. The lowest BCUT2D eigenvalue weighted by atomic mass is 10.1. The Morgan fingerprint density at radius 2 is 2.07 bits per heavy atom. The second-order valence-electron chi connectivity index (χ2n) is 3.56. The number of carbonyl (C=O) groups excluding carboxylic acids is 2. The van der Waals surface area contributed by atoms with Crippen molar-refractivity contribution >= 4 is 11.8 Å². The number of esters is 1. The van der Waals surface area contributed by atoms with Crippen LogP contribution >= 0.6 is 0 Å². The van der Waals surface area contributed by atoms with Gasteiger partial charge in [0.1, 0.15) is 5.78 Å². The van der Waals surface area contributed by atoms with E-state index in [2.05, 4.69) is 5.32 Å². The molecule has 15 heavy (non-hydrogen) atoms. The summed E-state index contributed by atoms with van der Waals surface area (Å²) in [6.07, 6.45) is 2.72. The Morgan fingerprint density at radius 1 is 1.40 bits per heavy atom. The van der Waals surface area contributed by atoms with Gasteiger partial charge in [-0.25, -0.2) is 0 Å². The zero-order chi connectivity index (χ0) is 11.7. The summed E-state index contributed by atoms with van der Waals surface area (Å²) >= 11 is 0. The van der Waals surface area contributed by atoms with Crippen molar-refractivity contribution in [1.29, 1.82) is 0 Å². The smallest absolute Gasteiger partial charge is 0.305 e. The van der Waals surface area contributed by atoms with E-state index in [1.165, 1.54) is 6.92 Å². The van der Waals surface area contributed by atoms with Crippen molar-refractivity contribution in [3.63, 3.8) is 0 Å². The first kappa shape index (κ1) is 14.1. The molecule has 0 radical (unpaired) electrons. The first-order chi connectivity index (χ1) is 7.11. The summed E-state index contributed by atoms with van der Waals surface area (Å²) in [5.41, 5.74) is 0. The Hall–Kier alpha value is -0.900. The van der Waals surface area contributed by atoms with Crippen molar-refractivity contribution in [2.45, 2.75) is 45.6 Å². The topological polar surface area (TPSA) is 55.4 Å². The molecule has 4 nitrogen and oxygen atoms in total. The van der Waals surface area contributed by atoms with Gasteiger partial charge in [0.25, 0.3) is 0 Å². The van der Waals surface area contributed by atoms with Crippen molar-refractivity contribution in [3.8, 4) is 0 Å². The highest BCUT2D eigenvalue weighted by Crippen LogP contribution is 2.01. The third-order valence-electron chi connectivity index (χ3n) is 2.24. The van der Waals surface area contributed by atoms with Crippen LogP contribution < -0.4 is 5.32 Å². The SMILES string of the molecule is CCCCOC(=O)CCC(NC)C(C)=O. The van der Waals surface area contributed by atoms with E-state index in [0.29, 0.717) is 19.4 Å². The summed E-state index contributed by atoms with van der Waals surface area (Å²) < 4.78 is 4.98. The molecule has 0 rings (SSSR count). The quantitative estimate of drug-likeness (QED) is 0.489. The summed E-state index contributed by atoms with van der Waals surface area (Å²) in [7, 11) is 1.72. The van der Waals surface area contributed by atoms with Gasteiger partial charge in [0.05, 0.1) is 12.6 Å². The maximum atomic E-state index is 11.2. The van der Waals surface area contributed by atoms with E-state index >= 15 is 0 Å². The molecule has 0 heterocycles. The molecule has 0 spiro atoms. The molecule has 0 aromatic heterocycles. The van der Waals surface area contributed by atoms with Crippen molar-refractivity contribution in [3.05, 3.63) is 0 Å². The number of rotatable bonds is 8. The lowest BCUT2D eigenvalue weighted by Gasteiger charge is -2.11. The minimum Gasteiger partial charge on any atom is -0.466 e. The number of hydrogen-bond donors (Lipinski definition) is 1. The van der Waals surface area contributed by atoms with Crippen LogP contribution in [0.15, 0.2) is 0 Å². The predicted octanol–water partition coefficient (Wildman–Crippen LogP) is 1.29. The number of likely N-dealkylation sites (N-methyl/N-ethyl adjacent to an activating group) is 1. The highest BCUT2D eigenvalue weighted by molar-refractivity contribution is 5.82. The van der Waals surface area contributed by atoms with Gasteiger partial charge >= 0.3 is 5.97 Å². The van der Waals surface area contributed by atoms with Crippen molar-refractivity contribution in [1.82, 2.24) is 5.32 Å². The number of carbonyl (C=O) groups is 2. The van der Waals surface area contributed by atoms with E-state index in [1.807, 2.05) is 6.92 Å². The molecule has 0 aliphatic carbocycles. The summed E-state index contributed by atoms with van der Waals surface area (Å²) in [6.45, 7) is 4.05. The van der Waals surface area contributed by atoms with E-state index in [9.17, 15) is 9.59 Å². The van der Waals surface area contributed by atoms with E-state index in [-0.39, 0.29) is 17.8 Å². The molecule has 0 aromatic rings. The number of nitrogens with one attached hydrogen (secondary N) is 1. The van der Waals surface area contributed by atoms with Crippen LogP contribution in [0.2, 0.25) is 0 Å². The summed E-state index contributed by atoms with van der Waals surface area (Å²) in [6, 6.07) is -0.233. The molecule has 0 saturated heterocycles. The maximum Gasteiger partial charge on any atom is 0.305 e. The fourth-order valence-corrected chi connectivity index (χ4v) is 1.22. The Bertz CT molecular complexity index is 204. The minimum absolute atomic E-state index is 0.0545. The van der Waals surface area contributed by atoms with Crippen molar-refractivity contribution < 1.29 is 14.3 Å². The average molecular weight is 215 g/mol.